The Kier molecular flexibility index (Phi) is 14.0. The molecule has 1 saturated heterocycles. The highest BCUT2D eigenvalue weighted by atomic mass is 31.2. The number of carbonyl (C=O) groups excluding carboxylic acids is 1. The monoisotopic (exact) mass is 578 g/mol. The van der Waals surface area contributed by atoms with Gasteiger partial charge in [0.15, 0.2) is 12.2 Å². The standard InChI is InChI=1S/C30H43O9P/c1-4-7-20-33-27-26(37-30(31)29(35-22-9-6-3)28(27)34-21-8-5-2)23-36-40(32,38-24-16-12-10-13-17-24)39-25-18-14-11-15-19-25/h10-19,26-29H,4-9,20-23H2,1-3H3/t26?,27-,28?,29-/m1/s1. The van der Waals surface area contributed by atoms with Crippen LogP contribution in [0.4, 0.5) is 0 Å². The second-order valence-corrected chi connectivity index (χ2v) is 11.1. The number of carbonyl (C=O) groups is 1. The molecular formula is C30H43O9P. The molecule has 0 aliphatic carbocycles. The summed E-state index contributed by atoms with van der Waals surface area (Å²) in [6.07, 6.45) is 1.96. The van der Waals surface area contributed by atoms with Crippen molar-refractivity contribution in [2.45, 2.75) is 83.7 Å². The average molecular weight is 579 g/mol. The van der Waals surface area contributed by atoms with Gasteiger partial charge in [0.05, 0.1) is 0 Å². The van der Waals surface area contributed by atoms with E-state index in [2.05, 4.69) is 20.8 Å². The lowest BCUT2D eigenvalue weighted by molar-refractivity contribution is -0.231. The molecule has 0 spiro atoms. The highest BCUT2D eigenvalue weighted by Crippen LogP contribution is 2.50. The van der Waals surface area contributed by atoms with Crippen molar-refractivity contribution in [2.24, 2.45) is 0 Å². The number of hydrogen-bond donors (Lipinski definition) is 0. The Morgan fingerprint density at radius 3 is 1.68 bits per heavy atom. The largest absolute Gasteiger partial charge is 0.587 e. The Morgan fingerprint density at radius 2 is 1.18 bits per heavy atom. The number of unbranched alkanes of at least 4 members (excludes halogenated alkanes) is 3. The third-order valence-electron chi connectivity index (χ3n) is 6.22. The number of phosphoric acid groups is 1. The average Bonchev–Trinajstić information content (AvgIpc) is 2.95. The molecule has 0 radical (unpaired) electrons. The molecule has 1 heterocycles. The van der Waals surface area contributed by atoms with Crippen molar-refractivity contribution in [1.82, 2.24) is 0 Å². The van der Waals surface area contributed by atoms with Gasteiger partial charge in [-0.2, -0.15) is 0 Å². The lowest BCUT2D eigenvalue weighted by atomic mass is 9.99. The number of rotatable bonds is 19. The zero-order valence-electron chi connectivity index (χ0n) is 23.8. The van der Waals surface area contributed by atoms with E-state index >= 15 is 0 Å². The summed E-state index contributed by atoms with van der Waals surface area (Å²) in [4.78, 5) is 13.2. The molecule has 3 rings (SSSR count). The van der Waals surface area contributed by atoms with Crippen LogP contribution in [0.1, 0.15) is 59.3 Å². The molecule has 2 unspecified atom stereocenters. The molecule has 0 amide bonds. The first-order valence-electron chi connectivity index (χ1n) is 14.3. The topological polar surface area (TPSA) is 98.8 Å². The Labute approximate surface area is 238 Å². The van der Waals surface area contributed by atoms with E-state index in [-0.39, 0.29) is 6.61 Å². The van der Waals surface area contributed by atoms with Crippen molar-refractivity contribution in [1.29, 1.82) is 0 Å². The summed E-state index contributed by atoms with van der Waals surface area (Å²) >= 11 is 0. The van der Waals surface area contributed by atoms with E-state index in [9.17, 15) is 9.36 Å². The smallest absolute Gasteiger partial charge is 0.455 e. The van der Waals surface area contributed by atoms with Crippen LogP contribution in [0.25, 0.3) is 0 Å². The van der Waals surface area contributed by atoms with Gasteiger partial charge < -0.3 is 28.0 Å². The quantitative estimate of drug-likeness (QED) is 0.102. The molecule has 0 N–H and O–H groups in total. The molecule has 1 aliphatic rings. The first-order chi connectivity index (χ1) is 19.5. The van der Waals surface area contributed by atoms with Crippen LogP contribution in [0, 0.1) is 0 Å². The molecule has 0 saturated carbocycles. The fourth-order valence-electron chi connectivity index (χ4n) is 4.02. The molecule has 10 heteroatoms. The summed E-state index contributed by atoms with van der Waals surface area (Å²) in [7, 11) is -4.21. The van der Waals surface area contributed by atoms with Crippen LogP contribution in [0.3, 0.4) is 0 Å². The number of ether oxygens (including phenoxy) is 4. The van der Waals surface area contributed by atoms with Crippen LogP contribution in [0.5, 0.6) is 11.5 Å². The number of para-hydroxylation sites is 2. The fourth-order valence-corrected chi connectivity index (χ4v) is 5.25. The summed E-state index contributed by atoms with van der Waals surface area (Å²) in [6.45, 7) is 7.16. The molecule has 0 aromatic heterocycles. The third-order valence-corrected chi connectivity index (χ3v) is 7.55. The third kappa shape index (κ3) is 10.2. The highest BCUT2D eigenvalue weighted by molar-refractivity contribution is 7.49. The highest BCUT2D eigenvalue weighted by Gasteiger charge is 2.49. The Bertz CT molecular complexity index is 975. The number of phosphoric ester groups is 1. The lowest BCUT2D eigenvalue weighted by Crippen LogP contribution is -2.60. The van der Waals surface area contributed by atoms with Gasteiger partial charge in [-0.15, -0.1) is 0 Å². The molecule has 40 heavy (non-hydrogen) atoms. The van der Waals surface area contributed by atoms with E-state index in [1.165, 1.54) is 0 Å². The molecule has 1 aliphatic heterocycles. The van der Waals surface area contributed by atoms with Gasteiger partial charge in [-0.3, -0.25) is 4.52 Å². The maximum atomic E-state index is 13.9. The normalized spacial score (nSPS) is 21.1. The van der Waals surface area contributed by atoms with E-state index in [0.717, 1.165) is 38.5 Å². The molecule has 9 nitrogen and oxygen atoms in total. The van der Waals surface area contributed by atoms with Gasteiger partial charge in [0.2, 0.25) is 0 Å². The van der Waals surface area contributed by atoms with E-state index in [0.29, 0.717) is 31.3 Å². The summed E-state index contributed by atoms with van der Waals surface area (Å²) in [5.41, 5.74) is 0. The van der Waals surface area contributed by atoms with Crippen LogP contribution in [-0.4, -0.2) is 56.8 Å². The first kappa shape index (κ1) is 32.1. The minimum atomic E-state index is -4.21. The molecule has 2 aromatic rings. The van der Waals surface area contributed by atoms with Crippen molar-refractivity contribution in [3.63, 3.8) is 0 Å². The molecule has 2 aromatic carbocycles. The van der Waals surface area contributed by atoms with E-state index < -0.39 is 38.2 Å². The van der Waals surface area contributed by atoms with Gasteiger partial charge in [0.25, 0.3) is 0 Å². The predicted octanol–water partition coefficient (Wildman–Crippen LogP) is 6.75. The summed E-state index contributed by atoms with van der Waals surface area (Å²) < 4.78 is 55.3. The van der Waals surface area contributed by atoms with Crippen LogP contribution in [0.15, 0.2) is 60.7 Å². The molecule has 0 bridgehead atoms. The fraction of sp³-hybridized carbons (Fsp3) is 0.567. The second-order valence-electron chi connectivity index (χ2n) is 9.55. The zero-order chi connectivity index (χ0) is 28.6. The molecule has 4 atom stereocenters. The predicted molar refractivity (Wildman–Crippen MR) is 152 cm³/mol. The van der Waals surface area contributed by atoms with Gasteiger partial charge in [0.1, 0.15) is 30.3 Å². The maximum absolute atomic E-state index is 13.9. The number of cyclic esters (lactones) is 1. The van der Waals surface area contributed by atoms with E-state index in [1.54, 1.807) is 48.5 Å². The Hall–Kier alpha value is -2.42. The minimum Gasteiger partial charge on any atom is -0.455 e. The van der Waals surface area contributed by atoms with Gasteiger partial charge in [-0.1, -0.05) is 76.4 Å². The van der Waals surface area contributed by atoms with Crippen LogP contribution < -0.4 is 9.05 Å². The van der Waals surface area contributed by atoms with Crippen LogP contribution >= 0.6 is 7.82 Å². The number of hydrogen-bond acceptors (Lipinski definition) is 9. The van der Waals surface area contributed by atoms with Gasteiger partial charge >= 0.3 is 13.8 Å². The molecule has 1 fully saturated rings. The van der Waals surface area contributed by atoms with Crippen LogP contribution in [0.2, 0.25) is 0 Å². The lowest BCUT2D eigenvalue weighted by Gasteiger charge is -2.41. The van der Waals surface area contributed by atoms with Crippen molar-refractivity contribution in [3.8, 4) is 11.5 Å². The zero-order valence-corrected chi connectivity index (χ0v) is 24.7. The number of esters is 1. The maximum Gasteiger partial charge on any atom is 0.587 e. The van der Waals surface area contributed by atoms with Crippen LogP contribution in [-0.2, 0) is 32.8 Å². The number of benzene rings is 2. The second kappa shape index (κ2) is 17.4. The van der Waals surface area contributed by atoms with Crippen molar-refractivity contribution >= 4 is 13.8 Å². The summed E-state index contributed by atoms with van der Waals surface area (Å²) in [6, 6.07) is 17.2. The van der Waals surface area contributed by atoms with E-state index in [4.69, 9.17) is 32.5 Å². The molecule has 222 valence electrons. The van der Waals surface area contributed by atoms with Gasteiger partial charge in [-0.25, -0.2) is 9.36 Å². The van der Waals surface area contributed by atoms with Gasteiger partial charge in [-0.05, 0) is 43.5 Å². The van der Waals surface area contributed by atoms with Crippen molar-refractivity contribution in [2.75, 3.05) is 26.4 Å². The van der Waals surface area contributed by atoms with Gasteiger partial charge in [0, 0.05) is 19.8 Å². The van der Waals surface area contributed by atoms with Crippen molar-refractivity contribution in [3.05, 3.63) is 60.7 Å². The SMILES string of the molecule is CCCCOC1[C@H](OCCCC)C(COP(=O)(Oc2ccccc2)Oc2ccccc2)OC(=O)[C@@H]1OCCCC. The van der Waals surface area contributed by atoms with Crippen molar-refractivity contribution < 1.29 is 41.9 Å². The summed E-state index contributed by atoms with van der Waals surface area (Å²) in [5.74, 6) is 0.0518. The van der Waals surface area contributed by atoms with E-state index in [1.807, 2.05) is 12.1 Å². The molecular weight excluding hydrogens is 535 g/mol. The Morgan fingerprint density at radius 1 is 0.700 bits per heavy atom. The minimum absolute atomic E-state index is 0.297. The first-order valence-corrected chi connectivity index (χ1v) is 15.7. The Balaban J connectivity index is 1.83. The summed E-state index contributed by atoms with van der Waals surface area (Å²) in [5, 5.41) is 0.